The molecule has 0 bridgehead atoms. The van der Waals surface area contributed by atoms with Crippen molar-refractivity contribution in [2.45, 2.75) is 57.7 Å². The maximum absolute atomic E-state index is 12.6. The highest BCUT2D eigenvalue weighted by atomic mass is 79.9. The molecular weight excluding hydrogens is 358 g/mol. The Bertz CT molecular complexity index is 566. The SMILES string of the molecule is CC(C)(C)OC(=O)N(C1CC1)[C@@H]1CCN(c2ccc(Br)cn2)C1. The molecule has 0 radical (unpaired) electrons. The van der Waals surface area contributed by atoms with Crippen molar-refractivity contribution in [1.29, 1.82) is 0 Å². The number of ether oxygens (including phenoxy) is 1. The molecule has 2 fully saturated rings. The van der Waals surface area contributed by atoms with Gasteiger partial charge in [0.25, 0.3) is 0 Å². The van der Waals surface area contributed by atoms with E-state index >= 15 is 0 Å². The van der Waals surface area contributed by atoms with Crippen molar-refractivity contribution in [1.82, 2.24) is 9.88 Å². The van der Waals surface area contributed by atoms with Gasteiger partial charge in [0.15, 0.2) is 0 Å². The molecular formula is C17H24BrN3O2. The highest BCUT2D eigenvalue weighted by Gasteiger charge is 2.42. The maximum atomic E-state index is 12.6. The number of halogens is 1. The molecule has 0 N–H and O–H groups in total. The van der Waals surface area contributed by atoms with Gasteiger partial charge in [0.1, 0.15) is 11.4 Å². The Hall–Kier alpha value is -1.30. The third kappa shape index (κ3) is 4.16. The topological polar surface area (TPSA) is 45.7 Å². The highest BCUT2D eigenvalue weighted by molar-refractivity contribution is 9.10. The summed E-state index contributed by atoms with van der Waals surface area (Å²) in [6, 6.07) is 4.58. The molecule has 1 aliphatic heterocycles. The maximum Gasteiger partial charge on any atom is 0.410 e. The van der Waals surface area contributed by atoms with Crippen LogP contribution >= 0.6 is 15.9 Å². The minimum absolute atomic E-state index is 0.171. The fourth-order valence-corrected chi connectivity index (χ4v) is 3.23. The number of hydrogen-bond donors (Lipinski definition) is 0. The lowest BCUT2D eigenvalue weighted by Crippen LogP contribution is -2.46. The largest absolute Gasteiger partial charge is 0.444 e. The average Bonchev–Trinajstić information content (AvgIpc) is 3.15. The molecule has 1 aromatic rings. The summed E-state index contributed by atoms with van der Waals surface area (Å²) in [6.07, 6.45) is 4.79. The fraction of sp³-hybridized carbons (Fsp3) is 0.647. The van der Waals surface area contributed by atoms with E-state index in [1.54, 1.807) is 0 Å². The zero-order valence-corrected chi connectivity index (χ0v) is 15.5. The van der Waals surface area contributed by atoms with E-state index in [9.17, 15) is 4.79 Å². The first-order valence-electron chi connectivity index (χ1n) is 8.21. The highest BCUT2D eigenvalue weighted by Crippen LogP contribution is 2.33. The lowest BCUT2D eigenvalue weighted by molar-refractivity contribution is 0.0158. The van der Waals surface area contributed by atoms with Crippen LogP contribution in [0, 0.1) is 0 Å². The number of hydrogen-bond acceptors (Lipinski definition) is 4. The van der Waals surface area contributed by atoms with Gasteiger partial charge in [0.2, 0.25) is 0 Å². The van der Waals surface area contributed by atoms with Gasteiger partial charge in [-0.15, -0.1) is 0 Å². The first-order chi connectivity index (χ1) is 10.8. The van der Waals surface area contributed by atoms with Crippen molar-refractivity contribution in [3.05, 3.63) is 22.8 Å². The van der Waals surface area contributed by atoms with Crippen molar-refractivity contribution in [2.24, 2.45) is 0 Å². The van der Waals surface area contributed by atoms with E-state index in [-0.39, 0.29) is 12.1 Å². The van der Waals surface area contributed by atoms with Gasteiger partial charge < -0.3 is 14.5 Å². The normalized spacial score (nSPS) is 21.4. The van der Waals surface area contributed by atoms with Crippen LogP contribution in [-0.2, 0) is 4.74 Å². The fourth-order valence-electron chi connectivity index (χ4n) is 3.00. The van der Waals surface area contributed by atoms with E-state index < -0.39 is 5.60 Å². The molecule has 3 rings (SSSR count). The molecule has 0 spiro atoms. The Morgan fingerprint density at radius 2 is 2.04 bits per heavy atom. The van der Waals surface area contributed by atoms with Crippen LogP contribution in [0.15, 0.2) is 22.8 Å². The van der Waals surface area contributed by atoms with Crippen molar-refractivity contribution < 1.29 is 9.53 Å². The van der Waals surface area contributed by atoms with Gasteiger partial charge in [-0.25, -0.2) is 9.78 Å². The van der Waals surface area contributed by atoms with E-state index in [0.717, 1.165) is 42.6 Å². The Morgan fingerprint density at radius 3 is 2.61 bits per heavy atom. The molecule has 1 aromatic heterocycles. The first kappa shape index (κ1) is 16.6. The molecule has 1 atom stereocenters. The van der Waals surface area contributed by atoms with E-state index in [1.165, 1.54) is 0 Å². The van der Waals surface area contributed by atoms with Gasteiger partial charge in [-0.3, -0.25) is 0 Å². The quantitative estimate of drug-likeness (QED) is 0.797. The van der Waals surface area contributed by atoms with Crippen LogP contribution in [0.2, 0.25) is 0 Å². The van der Waals surface area contributed by atoms with Gasteiger partial charge in [0.05, 0.1) is 6.04 Å². The molecule has 2 aliphatic rings. The van der Waals surface area contributed by atoms with Crippen LogP contribution in [0.25, 0.3) is 0 Å². The monoisotopic (exact) mass is 381 g/mol. The third-order valence-electron chi connectivity index (χ3n) is 4.14. The summed E-state index contributed by atoms with van der Waals surface area (Å²) in [5.41, 5.74) is -0.449. The number of anilines is 1. The lowest BCUT2D eigenvalue weighted by Gasteiger charge is -2.31. The number of carbonyl (C=O) groups excluding carboxylic acids is 1. The summed E-state index contributed by atoms with van der Waals surface area (Å²) in [4.78, 5) is 21.3. The van der Waals surface area contributed by atoms with Crippen molar-refractivity contribution in [3.8, 4) is 0 Å². The molecule has 1 aliphatic carbocycles. The number of carbonyl (C=O) groups is 1. The first-order valence-corrected chi connectivity index (χ1v) is 9.00. The van der Waals surface area contributed by atoms with E-state index in [2.05, 4.69) is 25.8 Å². The molecule has 1 saturated carbocycles. The second kappa shape index (κ2) is 6.30. The van der Waals surface area contributed by atoms with Crippen molar-refractivity contribution in [2.75, 3.05) is 18.0 Å². The van der Waals surface area contributed by atoms with Gasteiger partial charge in [-0.05, 0) is 68.1 Å². The van der Waals surface area contributed by atoms with Gasteiger partial charge >= 0.3 is 6.09 Å². The number of pyridine rings is 1. The van der Waals surface area contributed by atoms with Crippen LogP contribution < -0.4 is 4.90 Å². The predicted molar refractivity (Wildman–Crippen MR) is 93.7 cm³/mol. The van der Waals surface area contributed by atoms with Crippen molar-refractivity contribution >= 4 is 27.8 Å². The van der Waals surface area contributed by atoms with Gasteiger partial charge in [-0.2, -0.15) is 0 Å². The van der Waals surface area contributed by atoms with Gasteiger partial charge in [-0.1, -0.05) is 0 Å². The predicted octanol–water partition coefficient (Wildman–Crippen LogP) is 3.82. The minimum atomic E-state index is -0.449. The average molecular weight is 382 g/mol. The van der Waals surface area contributed by atoms with E-state index in [0.29, 0.717) is 6.04 Å². The molecule has 6 heteroatoms. The zero-order chi connectivity index (χ0) is 16.6. The van der Waals surface area contributed by atoms with E-state index in [1.807, 2.05) is 44.0 Å². The van der Waals surface area contributed by atoms with Crippen LogP contribution in [0.3, 0.4) is 0 Å². The second-order valence-electron chi connectivity index (χ2n) is 7.34. The zero-order valence-electron chi connectivity index (χ0n) is 14.0. The Morgan fingerprint density at radius 1 is 1.30 bits per heavy atom. The summed E-state index contributed by atoms with van der Waals surface area (Å²) in [7, 11) is 0. The van der Waals surface area contributed by atoms with Crippen LogP contribution in [0.1, 0.15) is 40.0 Å². The number of nitrogens with zero attached hydrogens (tertiary/aromatic N) is 3. The summed E-state index contributed by atoms with van der Waals surface area (Å²) in [5, 5.41) is 0. The molecule has 1 amide bonds. The minimum Gasteiger partial charge on any atom is -0.444 e. The second-order valence-corrected chi connectivity index (χ2v) is 8.26. The number of amides is 1. The molecule has 1 saturated heterocycles. The number of rotatable bonds is 3. The molecule has 23 heavy (non-hydrogen) atoms. The summed E-state index contributed by atoms with van der Waals surface area (Å²) in [6.45, 7) is 7.50. The van der Waals surface area contributed by atoms with Crippen molar-refractivity contribution in [3.63, 3.8) is 0 Å². The Balaban J connectivity index is 1.68. The van der Waals surface area contributed by atoms with E-state index in [4.69, 9.17) is 4.74 Å². The molecule has 126 valence electrons. The third-order valence-corrected chi connectivity index (χ3v) is 4.61. The molecule has 5 nitrogen and oxygen atoms in total. The molecule has 0 unspecified atom stereocenters. The summed E-state index contributed by atoms with van der Waals surface area (Å²) in [5.74, 6) is 0.968. The number of aromatic nitrogens is 1. The lowest BCUT2D eigenvalue weighted by atomic mass is 10.2. The van der Waals surface area contributed by atoms with Gasteiger partial charge in [0, 0.05) is 29.8 Å². The summed E-state index contributed by atoms with van der Waals surface area (Å²) < 4.78 is 6.59. The smallest absolute Gasteiger partial charge is 0.410 e. The molecule has 2 heterocycles. The van der Waals surface area contributed by atoms with Crippen LogP contribution in [0.5, 0.6) is 0 Å². The van der Waals surface area contributed by atoms with Crippen LogP contribution in [0.4, 0.5) is 10.6 Å². The molecule has 0 aromatic carbocycles. The van der Waals surface area contributed by atoms with Crippen LogP contribution in [-0.4, -0.2) is 46.8 Å². The summed E-state index contributed by atoms with van der Waals surface area (Å²) >= 11 is 3.41. The Labute approximate surface area is 146 Å². The Kier molecular flexibility index (Phi) is 4.54. The standard InChI is InChI=1S/C17H24BrN3O2/c1-17(2,3)23-16(22)21(13-5-6-13)14-8-9-20(11-14)15-7-4-12(18)10-19-15/h4,7,10,13-14H,5-6,8-9,11H2,1-3H3/t14-/m1/s1.